The summed E-state index contributed by atoms with van der Waals surface area (Å²) in [7, 11) is 0. The second-order valence-electron chi connectivity index (χ2n) is 5.22. The van der Waals surface area contributed by atoms with Crippen LogP contribution in [0.3, 0.4) is 0 Å². The molecule has 0 N–H and O–H groups in total. The molecule has 0 bridgehead atoms. The molecule has 0 spiro atoms. The van der Waals surface area contributed by atoms with Gasteiger partial charge in [0.15, 0.2) is 6.21 Å². The summed E-state index contributed by atoms with van der Waals surface area (Å²) in [5, 5.41) is 0. The van der Waals surface area contributed by atoms with E-state index in [-0.39, 0.29) is 0 Å². The molecule has 2 nitrogen and oxygen atoms in total. The highest BCUT2D eigenvalue weighted by molar-refractivity contribution is 5.82. The third-order valence-electron chi connectivity index (χ3n) is 3.97. The molecule has 1 heterocycles. The molecule has 0 aromatic heterocycles. The zero-order valence-corrected chi connectivity index (χ0v) is 10.8. The van der Waals surface area contributed by atoms with Gasteiger partial charge in [-0.2, -0.15) is 4.58 Å². The molecule has 0 fully saturated rings. The average molecular weight is 250 g/mol. The molecule has 0 saturated heterocycles. The van der Waals surface area contributed by atoms with Crippen LogP contribution >= 0.6 is 0 Å². The summed E-state index contributed by atoms with van der Waals surface area (Å²) in [4.78, 5) is 0. The van der Waals surface area contributed by atoms with E-state index in [1.165, 1.54) is 41.6 Å². The Balaban J connectivity index is 1.79. The zero-order valence-electron chi connectivity index (χ0n) is 10.8. The molecule has 2 aliphatic rings. The lowest BCUT2D eigenvalue weighted by molar-refractivity contribution is -0.476. The molecular formula is C17H16NO+. The molecule has 1 aliphatic carbocycles. The molecule has 0 radical (unpaired) electrons. The first-order valence-electron chi connectivity index (χ1n) is 6.85. The summed E-state index contributed by atoms with van der Waals surface area (Å²) in [5.74, 6) is 1.04. The molecule has 4 rings (SSSR count). The van der Waals surface area contributed by atoms with Gasteiger partial charge in [-0.05, 0) is 42.5 Å². The van der Waals surface area contributed by atoms with Crippen molar-refractivity contribution < 1.29 is 9.31 Å². The second kappa shape index (κ2) is 4.23. The Labute approximate surface area is 113 Å². The standard InChI is InChI=1S/C17H16NO/c1-2-7-16(8-3-1)18-11-15-9-13-5-4-6-14(13)10-17(15)19-12-18/h1-3,7-11H,4-6,12H2/q+1. The molecule has 19 heavy (non-hydrogen) atoms. The smallest absolute Gasteiger partial charge is 0.292 e. The fourth-order valence-electron chi connectivity index (χ4n) is 2.96. The van der Waals surface area contributed by atoms with Gasteiger partial charge in [0.2, 0.25) is 5.69 Å². The summed E-state index contributed by atoms with van der Waals surface area (Å²) in [5.41, 5.74) is 5.35. The van der Waals surface area contributed by atoms with Crippen molar-refractivity contribution in [2.45, 2.75) is 19.3 Å². The maximum atomic E-state index is 5.91. The van der Waals surface area contributed by atoms with Crippen molar-refractivity contribution in [2.75, 3.05) is 6.73 Å². The number of hydrogen-bond donors (Lipinski definition) is 0. The van der Waals surface area contributed by atoms with E-state index >= 15 is 0 Å². The number of nitrogens with zero attached hydrogens (tertiary/aromatic N) is 1. The van der Waals surface area contributed by atoms with Gasteiger partial charge in [0.25, 0.3) is 6.73 Å². The lowest BCUT2D eigenvalue weighted by Crippen LogP contribution is -2.20. The van der Waals surface area contributed by atoms with Crippen molar-refractivity contribution >= 4 is 11.9 Å². The Bertz CT molecular complexity index is 658. The normalized spacial score (nSPS) is 16.3. The van der Waals surface area contributed by atoms with E-state index in [1.807, 2.05) is 6.07 Å². The minimum Gasteiger partial charge on any atom is -0.435 e. The Morgan fingerprint density at radius 1 is 0.947 bits per heavy atom. The summed E-state index contributed by atoms with van der Waals surface area (Å²) in [6, 6.07) is 14.9. The SMILES string of the molecule is C1=[N+](c2ccccc2)COc2cc3c(cc21)CCC3. The van der Waals surface area contributed by atoms with E-state index in [0.29, 0.717) is 6.73 Å². The predicted octanol–water partition coefficient (Wildman–Crippen LogP) is 3.29. The second-order valence-corrected chi connectivity index (χ2v) is 5.22. The minimum absolute atomic E-state index is 0.593. The molecule has 1 aliphatic heterocycles. The van der Waals surface area contributed by atoms with Crippen molar-refractivity contribution in [2.24, 2.45) is 0 Å². The van der Waals surface area contributed by atoms with Crippen molar-refractivity contribution in [3.63, 3.8) is 0 Å². The Morgan fingerprint density at radius 2 is 1.74 bits per heavy atom. The molecule has 2 heteroatoms. The highest BCUT2D eigenvalue weighted by Gasteiger charge is 2.22. The van der Waals surface area contributed by atoms with Gasteiger partial charge in [-0.1, -0.05) is 18.2 Å². The lowest BCUT2D eigenvalue weighted by atomic mass is 10.1. The van der Waals surface area contributed by atoms with E-state index < -0.39 is 0 Å². The minimum atomic E-state index is 0.593. The maximum Gasteiger partial charge on any atom is 0.292 e. The van der Waals surface area contributed by atoms with Crippen LogP contribution in [0.4, 0.5) is 5.69 Å². The lowest BCUT2D eigenvalue weighted by Gasteiger charge is -2.15. The van der Waals surface area contributed by atoms with Crippen LogP contribution < -0.4 is 4.74 Å². The Morgan fingerprint density at radius 3 is 2.58 bits per heavy atom. The molecule has 94 valence electrons. The van der Waals surface area contributed by atoms with Crippen LogP contribution in [-0.4, -0.2) is 17.5 Å². The topological polar surface area (TPSA) is 12.2 Å². The largest absolute Gasteiger partial charge is 0.435 e. The number of para-hydroxylation sites is 1. The van der Waals surface area contributed by atoms with E-state index in [9.17, 15) is 0 Å². The van der Waals surface area contributed by atoms with Gasteiger partial charge in [0.1, 0.15) is 5.75 Å². The van der Waals surface area contributed by atoms with Crippen molar-refractivity contribution in [3.8, 4) is 5.75 Å². The number of ether oxygens (including phenoxy) is 1. The fraction of sp³-hybridized carbons (Fsp3) is 0.235. The summed E-state index contributed by atoms with van der Waals surface area (Å²) in [6.07, 6.45) is 5.89. The van der Waals surface area contributed by atoms with Gasteiger partial charge in [-0.15, -0.1) is 0 Å². The molecule has 2 aromatic rings. The first kappa shape index (κ1) is 10.8. The van der Waals surface area contributed by atoms with Crippen LogP contribution in [0.5, 0.6) is 5.75 Å². The van der Waals surface area contributed by atoms with Gasteiger partial charge in [-0.25, -0.2) is 0 Å². The van der Waals surface area contributed by atoms with Crippen LogP contribution in [0.1, 0.15) is 23.1 Å². The first-order valence-corrected chi connectivity index (χ1v) is 6.85. The molecule has 0 amide bonds. The zero-order chi connectivity index (χ0) is 12.7. The van der Waals surface area contributed by atoms with Crippen LogP contribution in [0, 0.1) is 0 Å². The van der Waals surface area contributed by atoms with Crippen LogP contribution in [0.25, 0.3) is 0 Å². The fourth-order valence-corrected chi connectivity index (χ4v) is 2.96. The van der Waals surface area contributed by atoms with E-state index in [4.69, 9.17) is 4.74 Å². The summed E-state index contributed by atoms with van der Waals surface area (Å²) < 4.78 is 8.07. The number of aryl methyl sites for hydroxylation is 2. The summed E-state index contributed by atoms with van der Waals surface area (Å²) >= 11 is 0. The van der Waals surface area contributed by atoms with Crippen molar-refractivity contribution in [1.82, 2.24) is 0 Å². The maximum absolute atomic E-state index is 5.91. The van der Waals surface area contributed by atoms with Gasteiger partial charge < -0.3 is 4.74 Å². The number of hydrogen-bond acceptors (Lipinski definition) is 1. The predicted molar refractivity (Wildman–Crippen MR) is 75.5 cm³/mol. The highest BCUT2D eigenvalue weighted by Crippen LogP contribution is 2.31. The van der Waals surface area contributed by atoms with Crippen molar-refractivity contribution in [3.05, 3.63) is 59.2 Å². The average Bonchev–Trinajstić information content (AvgIpc) is 2.92. The quantitative estimate of drug-likeness (QED) is 0.707. The van der Waals surface area contributed by atoms with Gasteiger partial charge in [-0.3, -0.25) is 0 Å². The molecular weight excluding hydrogens is 234 g/mol. The Kier molecular flexibility index (Phi) is 2.41. The first-order chi connectivity index (χ1) is 9.40. The van der Waals surface area contributed by atoms with Crippen LogP contribution in [0.15, 0.2) is 42.5 Å². The van der Waals surface area contributed by atoms with E-state index in [0.717, 1.165) is 5.75 Å². The summed E-state index contributed by atoms with van der Waals surface area (Å²) in [6.45, 7) is 0.593. The van der Waals surface area contributed by atoms with E-state index in [2.05, 4.69) is 47.2 Å². The molecule has 0 saturated carbocycles. The number of rotatable bonds is 1. The number of benzene rings is 2. The van der Waals surface area contributed by atoms with Crippen LogP contribution in [-0.2, 0) is 12.8 Å². The highest BCUT2D eigenvalue weighted by atomic mass is 16.5. The van der Waals surface area contributed by atoms with Gasteiger partial charge >= 0.3 is 0 Å². The third-order valence-corrected chi connectivity index (χ3v) is 3.97. The van der Waals surface area contributed by atoms with E-state index in [1.54, 1.807) is 0 Å². The molecule has 0 atom stereocenters. The van der Waals surface area contributed by atoms with Crippen molar-refractivity contribution in [1.29, 1.82) is 0 Å². The monoisotopic (exact) mass is 250 g/mol. The molecule has 0 unspecified atom stereocenters. The van der Waals surface area contributed by atoms with Gasteiger partial charge in [0.05, 0.1) is 5.56 Å². The Hall–Kier alpha value is -2.09. The molecule has 2 aromatic carbocycles. The van der Waals surface area contributed by atoms with Crippen LogP contribution in [0.2, 0.25) is 0 Å². The number of fused-ring (bicyclic) bond motifs is 2. The third kappa shape index (κ3) is 1.84. The van der Waals surface area contributed by atoms with Gasteiger partial charge in [0, 0.05) is 12.1 Å².